The zero-order chi connectivity index (χ0) is 25.4. The Kier molecular flexibility index (Phi) is 9.67. The minimum absolute atomic E-state index is 0.0751. The number of guanidine groups is 1. The van der Waals surface area contributed by atoms with Gasteiger partial charge in [0, 0.05) is 19.9 Å². The lowest BCUT2D eigenvalue weighted by Crippen LogP contribution is -2.61. The number of aromatic hydroxyl groups is 1. The first-order valence-electron chi connectivity index (χ1n) is 11.4. The number of phenolic OH excluding ortho intramolecular Hbond substituents is 1. The van der Waals surface area contributed by atoms with Crippen molar-refractivity contribution in [1.29, 1.82) is 5.41 Å². The molecule has 11 nitrogen and oxygen atoms in total. The van der Waals surface area contributed by atoms with E-state index in [9.17, 15) is 24.6 Å². The molecule has 4 atom stereocenters. The van der Waals surface area contributed by atoms with Crippen molar-refractivity contribution in [1.82, 2.24) is 20.9 Å². The van der Waals surface area contributed by atoms with E-state index in [0.717, 1.165) is 0 Å². The number of aliphatic hydroxyl groups is 1. The van der Waals surface area contributed by atoms with Crippen molar-refractivity contribution in [2.45, 2.75) is 70.8 Å². The smallest absolute Gasteiger partial charge is 0.243 e. The van der Waals surface area contributed by atoms with Crippen LogP contribution in [0.3, 0.4) is 0 Å². The van der Waals surface area contributed by atoms with Crippen LogP contribution in [0.15, 0.2) is 24.3 Å². The Bertz CT molecular complexity index is 875. The van der Waals surface area contributed by atoms with Crippen molar-refractivity contribution in [2.75, 3.05) is 6.54 Å². The molecule has 3 amide bonds. The summed E-state index contributed by atoms with van der Waals surface area (Å²) in [6, 6.07) is 3.79. The first-order chi connectivity index (χ1) is 16.0. The van der Waals surface area contributed by atoms with E-state index >= 15 is 0 Å². The highest BCUT2D eigenvalue weighted by Gasteiger charge is 2.34. The van der Waals surface area contributed by atoms with Gasteiger partial charge in [-0.25, -0.2) is 0 Å². The predicted molar refractivity (Wildman–Crippen MR) is 127 cm³/mol. The third-order valence-corrected chi connectivity index (χ3v) is 5.64. The molecule has 1 aromatic carbocycles. The van der Waals surface area contributed by atoms with Crippen molar-refractivity contribution in [3.05, 3.63) is 29.8 Å². The van der Waals surface area contributed by atoms with E-state index in [1.165, 1.54) is 24.0 Å². The number of aliphatic hydroxyl groups excluding tert-OH is 1. The highest BCUT2D eigenvalue weighted by Crippen LogP contribution is 2.17. The van der Waals surface area contributed by atoms with Crippen molar-refractivity contribution in [3.8, 4) is 5.75 Å². The largest absolute Gasteiger partial charge is 0.508 e. The fraction of sp³-hybridized carbons (Fsp3) is 0.565. The number of carbonyl (C=O) groups is 3. The second-order valence-electron chi connectivity index (χ2n) is 9.06. The summed E-state index contributed by atoms with van der Waals surface area (Å²) in [4.78, 5) is 39.2. The molecule has 1 aliphatic rings. The molecule has 188 valence electrons. The number of hydrogen-bond donors (Lipinski definition) is 7. The molecule has 1 fully saturated rings. The molecular weight excluding hydrogens is 440 g/mol. The third-order valence-electron chi connectivity index (χ3n) is 5.64. The Labute approximate surface area is 199 Å². The summed E-state index contributed by atoms with van der Waals surface area (Å²) >= 11 is 0. The van der Waals surface area contributed by atoms with Crippen LogP contribution in [0.2, 0.25) is 0 Å². The van der Waals surface area contributed by atoms with Crippen molar-refractivity contribution in [2.24, 2.45) is 11.7 Å². The molecule has 1 unspecified atom stereocenters. The van der Waals surface area contributed by atoms with Crippen LogP contribution >= 0.6 is 0 Å². The quantitative estimate of drug-likeness (QED) is 0.190. The van der Waals surface area contributed by atoms with Crippen molar-refractivity contribution in [3.63, 3.8) is 0 Å². The average Bonchev–Trinajstić information content (AvgIpc) is 2.74. The molecule has 0 aliphatic carbocycles. The van der Waals surface area contributed by atoms with Gasteiger partial charge in [-0.3, -0.25) is 19.8 Å². The van der Waals surface area contributed by atoms with E-state index in [2.05, 4.69) is 16.0 Å². The normalized spacial score (nSPS) is 19.7. The van der Waals surface area contributed by atoms with Crippen LogP contribution in [0.4, 0.5) is 0 Å². The van der Waals surface area contributed by atoms with E-state index in [1.807, 2.05) is 13.8 Å². The summed E-state index contributed by atoms with van der Waals surface area (Å²) in [5.41, 5.74) is 6.23. The molecule has 1 saturated heterocycles. The second-order valence-corrected chi connectivity index (χ2v) is 9.06. The molecule has 0 spiro atoms. The van der Waals surface area contributed by atoms with E-state index in [4.69, 9.17) is 11.1 Å². The van der Waals surface area contributed by atoms with E-state index < -0.39 is 36.2 Å². The number of carbonyl (C=O) groups excluding carboxylic acids is 3. The van der Waals surface area contributed by atoms with Gasteiger partial charge in [0.25, 0.3) is 0 Å². The number of piperidine rings is 1. The highest BCUT2D eigenvalue weighted by molar-refractivity contribution is 5.92. The molecule has 0 bridgehead atoms. The standard InChI is InChI=1S/C23H36N6O5/c1-13(2)11-18(26-14(3)30)20(32)28-19(12-15-6-8-16(31)9-7-15)21(33)27-17-5-4-10-29(22(17)34)23(24)25/h6-9,13,17-19,22,31,34H,4-5,10-12H2,1-3H3,(H3,24,25)(H,26,30)(H,27,33)(H,28,32)/t17-,18-,19-,22?/m0/s1. The Morgan fingerprint density at radius 3 is 2.35 bits per heavy atom. The van der Waals surface area contributed by atoms with Gasteiger partial charge >= 0.3 is 0 Å². The SMILES string of the molecule is CC(=O)N[C@@H](CC(C)C)C(=O)N[C@@H](Cc1ccc(O)cc1)C(=O)N[C@H]1CCCN(C(=N)N)C1O. The van der Waals surface area contributed by atoms with E-state index in [1.54, 1.807) is 12.1 Å². The zero-order valence-corrected chi connectivity index (χ0v) is 19.9. The van der Waals surface area contributed by atoms with Crippen LogP contribution in [0.25, 0.3) is 0 Å². The lowest BCUT2D eigenvalue weighted by atomic mass is 9.99. The molecule has 0 radical (unpaired) electrons. The summed E-state index contributed by atoms with van der Waals surface area (Å²) < 4.78 is 0. The minimum atomic E-state index is -1.16. The van der Waals surface area contributed by atoms with Crippen LogP contribution in [-0.2, 0) is 20.8 Å². The first-order valence-corrected chi connectivity index (χ1v) is 11.4. The highest BCUT2D eigenvalue weighted by atomic mass is 16.3. The molecule has 0 saturated carbocycles. The lowest BCUT2D eigenvalue weighted by Gasteiger charge is -2.39. The van der Waals surface area contributed by atoms with Gasteiger partial charge in [0.15, 0.2) is 5.96 Å². The van der Waals surface area contributed by atoms with Gasteiger partial charge < -0.3 is 36.8 Å². The van der Waals surface area contributed by atoms with Crippen LogP contribution in [-0.4, -0.2) is 69.7 Å². The van der Waals surface area contributed by atoms with E-state index in [0.29, 0.717) is 31.4 Å². The first kappa shape index (κ1) is 26.9. The van der Waals surface area contributed by atoms with Crippen LogP contribution < -0.4 is 21.7 Å². The summed E-state index contributed by atoms with van der Waals surface area (Å²) in [6.45, 7) is 5.58. The van der Waals surface area contributed by atoms with Gasteiger partial charge in [0.1, 0.15) is 24.1 Å². The van der Waals surface area contributed by atoms with Crippen molar-refractivity contribution < 1.29 is 24.6 Å². The number of likely N-dealkylation sites (tertiary alicyclic amines) is 1. The number of benzene rings is 1. The molecule has 34 heavy (non-hydrogen) atoms. The monoisotopic (exact) mass is 476 g/mol. The topological polar surface area (TPSA) is 181 Å². The van der Waals surface area contributed by atoms with Gasteiger partial charge in [-0.15, -0.1) is 0 Å². The van der Waals surface area contributed by atoms with E-state index in [-0.39, 0.29) is 30.0 Å². The molecule has 2 rings (SSSR count). The Balaban J connectivity index is 2.21. The van der Waals surface area contributed by atoms with Gasteiger partial charge in [-0.05, 0) is 42.9 Å². The number of nitrogens with one attached hydrogen (secondary N) is 4. The fourth-order valence-electron chi connectivity index (χ4n) is 3.97. The average molecular weight is 477 g/mol. The molecular formula is C23H36N6O5. The molecule has 8 N–H and O–H groups in total. The molecule has 1 heterocycles. The van der Waals surface area contributed by atoms with Gasteiger partial charge in [0.2, 0.25) is 17.7 Å². The Hall–Kier alpha value is -3.34. The molecule has 1 aliphatic heterocycles. The molecule has 11 heteroatoms. The summed E-state index contributed by atoms with van der Waals surface area (Å²) in [7, 11) is 0. The number of nitrogens with zero attached hydrogens (tertiary/aromatic N) is 1. The number of rotatable bonds is 9. The van der Waals surface area contributed by atoms with Gasteiger partial charge in [-0.2, -0.15) is 0 Å². The number of phenols is 1. The number of amides is 3. The molecule has 0 aromatic heterocycles. The zero-order valence-electron chi connectivity index (χ0n) is 19.9. The lowest BCUT2D eigenvalue weighted by molar-refractivity contribution is -0.133. The van der Waals surface area contributed by atoms with Crippen LogP contribution in [0.5, 0.6) is 5.75 Å². The number of nitrogens with two attached hydrogens (primary N) is 1. The maximum Gasteiger partial charge on any atom is 0.243 e. The second kappa shape index (κ2) is 12.2. The summed E-state index contributed by atoms with van der Waals surface area (Å²) in [6.07, 6.45) is 0.473. The summed E-state index contributed by atoms with van der Waals surface area (Å²) in [5, 5.41) is 35.9. The maximum absolute atomic E-state index is 13.2. The predicted octanol–water partition coefficient (Wildman–Crippen LogP) is -0.237. The Morgan fingerprint density at radius 2 is 1.79 bits per heavy atom. The van der Waals surface area contributed by atoms with Crippen LogP contribution in [0, 0.1) is 11.3 Å². The Morgan fingerprint density at radius 1 is 1.15 bits per heavy atom. The van der Waals surface area contributed by atoms with Gasteiger partial charge in [-0.1, -0.05) is 26.0 Å². The fourth-order valence-corrected chi connectivity index (χ4v) is 3.97. The molecule has 1 aromatic rings. The third kappa shape index (κ3) is 7.91. The van der Waals surface area contributed by atoms with Crippen molar-refractivity contribution >= 4 is 23.7 Å². The summed E-state index contributed by atoms with van der Waals surface area (Å²) in [5.74, 6) is -1.44. The minimum Gasteiger partial charge on any atom is -0.508 e. The maximum atomic E-state index is 13.2. The number of hydrogen-bond acceptors (Lipinski definition) is 6. The van der Waals surface area contributed by atoms with Crippen LogP contribution in [0.1, 0.15) is 45.6 Å². The van der Waals surface area contributed by atoms with Gasteiger partial charge in [0.05, 0.1) is 6.04 Å².